The summed E-state index contributed by atoms with van der Waals surface area (Å²) in [7, 11) is 3.31. The molecule has 5 heteroatoms. The largest absolute Gasteiger partial charge is 0.497 e. The van der Waals surface area contributed by atoms with Crippen LogP contribution in [0.4, 0.5) is 0 Å². The molecule has 1 heterocycles. The van der Waals surface area contributed by atoms with E-state index in [1.807, 2.05) is 45.0 Å². The van der Waals surface area contributed by atoms with Gasteiger partial charge in [0.15, 0.2) is 0 Å². The van der Waals surface area contributed by atoms with Crippen molar-refractivity contribution in [1.82, 2.24) is 9.78 Å². The van der Waals surface area contributed by atoms with E-state index in [-0.39, 0.29) is 5.56 Å². The van der Waals surface area contributed by atoms with Crippen LogP contribution in [0.15, 0.2) is 40.2 Å². The van der Waals surface area contributed by atoms with Crippen LogP contribution in [0.5, 0.6) is 5.75 Å². The highest BCUT2D eigenvalue weighted by molar-refractivity contribution is 7.98. The lowest BCUT2D eigenvalue weighted by Crippen LogP contribution is -2.21. The predicted molar refractivity (Wildman–Crippen MR) is 88.1 cm³/mol. The third-order valence-corrected chi connectivity index (χ3v) is 4.09. The maximum atomic E-state index is 11.8. The number of hydrogen-bond acceptors (Lipinski definition) is 4. The van der Waals surface area contributed by atoms with Gasteiger partial charge >= 0.3 is 0 Å². The lowest BCUT2D eigenvalue weighted by molar-refractivity contribution is 0.414. The lowest BCUT2D eigenvalue weighted by Gasteiger charge is -2.06. The minimum absolute atomic E-state index is 0.0419. The normalized spacial score (nSPS) is 9.76. The first-order valence-electron chi connectivity index (χ1n) is 6.90. The highest BCUT2D eigenvalue weighted by Crippen LogP contribution is 2.24. The first-order valence-corrected chi connectivity index (χ1v) is 7.89. The fourth-order valence-electron chi connectivity index (χ4n) is 1.66. The van der Waals surface area contributed by atoms with Gasteiger partial charge in [0, 0.05) is 23.3 Å². The van der Waals surface area contributed by atoms with E-state index in [0.717, 1.165) is 22.0 Å². The smallest absolute Gasteiger partial charge is 0.270 e. The molecular formula is C16H22N2O2S. The Morgan fingerprint density at radius 1 is 1.24 bits per heavy atom. The summed E-state index contributed by atoms with van der Waals surface area (Å²) >= 11 is 1.62. The van der Waals surface area contributed by atoms with Crippen LogP contribution < -0.4 is 10.3 Å². The Balaban J connectivity index is 0.00000106. The molecule has 0 fully saturated rings. The van der Waals surface area contributed by atoms with E-state index < -0.39 is 0 Å². The first-order chi connectivity index (χ1) is 10.1. The average molecular weight is 306 g/mol. The Kier molecular flexibility index (Phi) is 7.02. The van der Waals surface area contributed by atoms with Gasteiger partial charge in [-0.1, -0.05) is 26.0 Å². The zero-order chi connectivity index (χ0) is 15.8. The van der Waals surface area contributed by atoms with Gasteiger partial charge in [-0.15, -0.1) is 11.8 Å². The second kappa shape index (κ2) is 8.52. The molecule has 2 aromatic rings. The van der Waals surface area contributed by atoms with Crippen LogP contribution in [0.1, 0.15) is 25.0 Å². The molecular weight excluding hydrogens is 284 g/mol. The molecule has 4 nitrogen and oxygen atoms in total. The van der Waals surface area contributed by atoms with Crippen molar-refractivity contribution >= 4 is 11.8 Å². The minimum atomic E-state index is -0.0419. The van der Waals surface area contributed by atoms with Crippen molar-refractivity contribution in [3.05, 3.63) is 51.9 Å². The molecule has 0 aliphatic heterocycles. The Morgan fingerprint density at radius 2 is 1.86 bits per heavy atom. The molecule has 1 aromatic heterocycles. The molecule has 0 aliphatic carbocycles. The molecule has 21 heavy (non-hydrogen) atoms. The highest BCUT2D eigenvalue weighted by atomic mass is 32.2. The Hall–Kier alpha value is -1.75. The van der Waals surface area contributed by atoms with Crippen molar-refractivity contribution in [3.63, 3.8) is 0 Å². The fourth-order valence-corrected chi connectivity index (χ4v) is 2.60. The molecule has 0 saturated heterocycles. The molecule has 0 aliphatic rings. The van der Waals surface area contributed by atoms with Crippen LogP contribution in [0.2, 0.25) is 0 Å². The van der Waals surface area contributed by atoms with Gasteiger partial charge in [-0.25, -0.2) is 4.68 Å². The van der Waals surface area contributed by atoms with Crippen LogP contribution >= 0.6 is 11.8 Å². The third kappa shape index (κ3) is 4.63. The van der Waals surface area contributed by atoms with E-state index in [1.54, 1.807) is 32.1 Å². The van der Waals surface area contributed by atoms with Crippen molar-refractivity contribution in [1.29, 1.82) is 0 Å². The van der Waals surface area contributed by atoms with Gasteiger partial charge in [0.25, 0.3) is 5.56 Å². The van der Waals surface area contributed by atoms with Crippen LogP contribution in [-0.4, -0.2) is 16.9 Å². The SMILES string of the molecule is CC.COc1ccc(CSc2cnn(C)c(=O)c2C)cc1. The summed E-state index contributed by atoms with van der Waals surface area (Å²) in [5.74, 6) is 1.65. The highest BCUT2D eigenvalue weighted by Gasteiger charge is 2.06. The quantitative estimate of drug-likeness (QED) is 0.812. The lowest BCUT2D eigenvalue weighted by atomic mass is 10.2. The second-order valence-electron chi connectivity index (χ2n) is 4.20. The molecule has 0 radical (unpaired) electrons. The third-order valence-electron chi connectivity index (χ3n) is 2.89. The van der Waals surface area contributed by atoms with E-state index in [0.29, 0.717) is 0 Å². The van der Waals surface area contributed by atoms with E-state index >= 15 is 0 Å². The summed E-state index contributed by atoms with van der Waals surface area (Å²) in [6, 6.07) is 7.92. The van der Waals surface area contributed by atoms with Gasteiger partial charge in [-0.2, -0.15) is 5.10 Å². The maximum Gasteiger partial charge on any atom is 0.270 e. The number of nitrogens with zero attached hydrogens (tertiary/aromatic N) is 2. The van der Waals surface area contributed by atoms with Gasteiger partial charge in [-0.3, -0.25) is 4.79 Å². The summed E-state index contributed by atoms with van der Waals surface area (Å²) in [6.07, 6.45) is 1.74. The van der Waals surface area contributed by atoms with E-state index in [2.05, 4.69) is 5.10 Å². The molecule has 114 valence electrons. The van der Waals surface area contributed by atoms with Crippen molar-refractivity contribution in [2.45, 2.75) is 31.4 Å². The molecule has 0 saturated carbocycles. The molecule has 0 amide bonds. The zero-order valence-electron chi connectivity index (χ0n) is 13.2. The summed E-state index contributed by atoms with van der Waals surface area (Å²) in [5, 5.41) is 4.04. The number of ether oxygens (including phenoxy) is 1. The van der Waals surface area contributed by atoms with E-state index in [9.17, 15) is 4.79 Å². The molecule has 0 unspecified atom stereocenters. The Labute approximate surface area is 130 Å². The number of rotatable bonds is 4. The van der Waals surface area contributed by atoms with Crippen molar-refractivity contribution in [3.8, 4) is 5.75 Å². The van der Waals surface area contributed by atoms with Gasteiger partial charge in [0.2, 0.25) is 0 Å². The molecule has 1 aromatic carbocycles. The number of hydrogen-bond donors (Lipinski definition) is 0. The summed E-state index contributed by atoms with van der Waals surface area (Å²) in [6.45, 7) is 5.83. The van der Waals surface area contributed by atoms with Crippen LogP contribution in [0.3, 0.4) is 0 Å². The fraction of sp³-hybridized carbons (Fsp3) is 0.375. The minimum Gasteiger partial charge on any atom is -0.497 e. The predicted octanol–water partition coefficient (Wildman–Crippen LogP) is 3.42. The van der Waals surface area contributed by atoms with Gasteiger partial charge in [0.05, 0.1) is 13.3 Å². The standard InChI is InChI=1S/C14H16N2O2S.C2H6/c1-10-13(8-15-16(2)14(10)17)19-9-11-4-6-12(18-3)7-5-11;1-2/h4-8H,9H2,1-3H3;1-2H3. The number of aromatic nitrogens is 2. The van der Waals surface area contributed by atoms with Crippen LogP contribution in [-0.2, 0) is 12.8 Å². The average Bonchev–Trinajstić information content (AvgIpc) is 2.54. The Bertz CT molecular complexity index is 621. The number of benzene rings is 1. The second-order valence-corrected chi connectivity index (χ2v) is 5.22. The monoisotopic (exact) mass is 306 g/mol. The summed E-state index contributed by atoms with van der Waals surface area (Å²) < 4.78 is 6.47. The summed E-state index contributed by atoms with van der Waals surface area (Å²) in [5.41, 5.74) is 1.89. The van der Waals surface area contributed by atoms with Crippen molar-refractivity contribution < 1.29 is 4.74 Å². The number of methoxy groups -OCH3 is 1. The number of aryl methyl sites for hydroxylation is 1. The van der Waals surface area contributed by atoms with E-state index in [1.165, 1.54) is 10.2 Å². The molecule has 2 rings (SSSR count). The zero-order valence-corrected chi connectivity index (χ0v) is 14.0. The van der Waals surface area contributed by atoms with Gasteiger partial charge in [0.1, 0.15) is 5.75 Å². The number of thioether (sulfide) groups is 1. The van der Waals surface area contributed by atoms with Crippen LogP contribution in [0, 0.1) is 6.92 Å². The topological polar surface area (TPSA) is 44.1 Å². The van der Waals surface area contributed by atoms with Crippen molar-refractivity contribution in [2.24, 2.45) is 7.05 Å². The summed E-state index contributed by atoms with van der Waals surface area (Å²) in [4.78, 5) is 12.7. The molecule has 0 N–H and O–H groups in total. The molecule has 0 bridgehead atoms. The van der Waals surface area contributed by atoms with E-state index in [4.69, 9.17) is 4.74 Å². The first kappa shape index (κ1) is 17.3. The maximum absolute atomic E-state index is 11.8. The van der Waals surface area contributed by atoms with Crippen LogP contribution in [0.25, 0.3) is 0 Å². The van der Waals surface area contributed by atoms with Gasteiger partial charge in [-0.05, 0) is 24.6 Å². The van der Waals surface area contributed by atoms with Gasteiger partial charge < -0.3 is 4.74 Å². The molecule has 0 spiro atoms. The van der Waals surface area contributed by atoms with Crippen molar-refractivity contribution in [2.75, 3.05) is 7.11 Å². The molecule has 0 atom stereocenters. The Morgan fingerprint density at radius 3 is 2.43 bits per heavy atom.